The van der Waals surface area contributed by atoms with Crippen molar-refractivity contribution in [3.05, 3.63) is 67.6 Å². The van der Waals surface area contributed by atoms with Crippen molar-refractivity contribution in [2.24, 2.45) is 0 Å². The molecule has 7 nitrogen and oxygen atoms in total. The van der Waals surface area contributed by atoms with Gasteiger partial charge in [0.25, 0.3) is 5.56 Å². The van der Waals surface area contributed by atoms with E-state index >= 15 is 0 Å². The van der Waals surface area contributed by atoms with Crippen LogP contribution in [0.2, 0.25) is 0 Å². The van der Waals surface area contributed by atoms with E-state index in [1.165, 1.54) is 45.7 Å². The van der Waals surface area contributed by atoms with Crippen molar-refractivity contribution < 1.29 is 18.7 Å². The van der Waals surface area contributed by atoms with Gasteiger partial charge in [0.1, 0.15) is 22.2 Å². The van der Waals surface area contributed by atoms with Crippen LogP contribution < -0.4 is 10.9 Å². The predicted molar refractivity (Wildman–Crippen MR) is 132 cm³/mol. The van der Waals surface area contributed by atoms with Gasteiger partial charge < -0.3 is 10.1 Å². The number of carbonyl (C=O) groups excluding carboxylic acids is 2. The standard InChI is InChI=1S/C24H22FN3O4S2/c1-5-32-24(31)18-12(2)13(3)33-22(18)27-17(29)10-28-11-26-21-20(23(28)30)19(14(4)34-21)15-6-8-16(25)9-7-15/h6-9,11H,5,10H2,1-4H3,(H,27,29). The number of amides is 1. The summed E-state index contributed by atoms with van der Waals surface area (Å²) in [6.45, 7) is 7.19. The van der Waals surface area contributed by atoms with Crippen LogP contribution in [0.5, 0.6) is 0 Å². The Hall–Kier alpha value is -3.37. The monoisotopic (exact) mass is 499 g/mol. The van der Waals surface area contributed by atoms with Crippen molar-refractivity contribution in [3.63, 3.8) is 0 Å². The second kappa shape index (κ2) is 9.47. The summed E-state index contributed by atoms with van der Waals surface area (Å²) >= 11 is 2.65. The summed E-state index contributed by atoms with van der Waals surface area (Å²) in [7, 11) is 0. The molecule has 0 spiro atoms. The minimum Gasteiger partial charge on any atom is -0.462 e. The number of fused-ring (bicyclic) bond motifs is 1. The van der Waals surface area contributed by atoms with E-state index in [4.69, 9.17) is 4.74 Å². The topological polar surface area (TPSA) is 90.3 Å². The molecule has 1 N–H and O–H groups in total. The van der Waals surface area contributed by atoms with E-state index in [-0.39, 0.29) is 24.5 Å². The summed E-state index contributed by atoms with van der Waals surface area (Å²) in [6.07, 6.45) is 1.34. The molecule has 10 heteroatoms. The number of aromatic nitrogens is 2. The van der Waals surface area contributed by atoms with Gasteiger partial charge in [-0.25, -0.2) is 14.2 Å². The fraction of sp³-hybridized carbons (Fsp3) is 0.250. The maximum absolute atomic E-state index is 13.4. The Labute approximate surface area is 202 Å². The Kier molecular flexibility index (Phi) is 6.63. The number of thiophene rings is 2. The van der Waals surface area contributed by atoms with Crippen molar-refractivity contribution in [3.8, 4) is 11.1 Å². The first kappa shape index (κ1) is 23.8. The quantitative estimate of drug-likeness (QED) is 0.374. The maximum atomic E-state index is 13.4. The van der Waals surface area contributed by atoms with E-state index in [2.05, 4.69) is 10.3 Å². The molecule has 176 valence electrons. The normalized spacial score (nSPS) is 11.1. The summed E-state index contributed by atoms with van der Waals surface area (Å²) in [6, 6.07) is 5.91. The molecule has 0 aliphatic rings. The highest BCUT2D eigenvalue weighted by molar-refractivity contribution is 7.19. The van der Waals surface area contributed by atoms with Crippen LogP contribution >= 0.6 is 22.7 Å². The lowest BCUT2D eigenvalue weighted by molar-refractivity contribution is -0.116. The SMILES string of the molecule is CCOC(=O)c1c(NC(=O)Cn2cnc3sc(C)c(-c4ccc(F)cc4)c3c2=O)sc(C)c1C. The first-order valence-corrected chi connectivity index (χ1v) is 12.2. The van der Waals surface area contributed by atoms with Crippen molar-refractivity contribution in [1.29, 1.82) is 0 Å². The van der Waals surface area contributed by atoms with Gasteiger partial charge >= 0.3 is 5.97 Å². The zero-order chi connectivity index (χ0) is 24.6. The van der Waals surface area contributed by atoms with Gasteiger partial charge in [-0.2, -0.15) is 0 Å². The molecule has 1 amide bonds. The van der Waals surface area contributed by atoms with Crippen molar-refractivity contribution in [2.75, 3.05) is 11.9 Å². The first-order valence-electron chi connectivity index (χ1n) is 10.5. The molecule has 0 fully saturated rings. The summed E-state index contributed by atoms with van der Waals surface area (Å²) in [5.74, 6) is -1.34. The number of benzene rings is 1. The van der Waals surface area contributed by atoms with Crippen LogP contribution in [0, 0.1) is 26.6 Å². The van der Waals surface area contributed by atoms with Crippen LogP contribution in [0.3, 0.4) is 0 Å². The highest BCUT2D eigenvalue weighted by atomic mass is 32.1. The van der Waals surface area contributed by atoms with Crippen LogP contribution in [-0.4, -0.2) is 28.0 Å². The third kappa shape index (κ3) is 4.38. The van der Waals surface area contributed by atoms with Gasteiger partial charge in [-0.15, -0.1) is 22.7 Å². The van der Waals surface area contributed by atoms with Crippen LogP contribution in [0.4, 0.5) is 9.39 Å². The van der Waals surface area contributed by atoms with Gasteiger partial charge in [0.05, 0.1) is 23.9 Å². The number of nitrogens with zero attached hydrogens (tertiary/aromatic N) is 2. The molecule has 1 aromatic carbocycles. The number of esters is 1. The Bertz CT molecular complexity index is 1470. The minimum atomic E-state index is -0.502. The molecule has 34 heavy (non-hydrogen) atoms. The molecular formula is C24H22FN3O4S2. The second-order valence-electron chi connectivity index (χ2n) is 7.65. The number of halogens is 1. The van der Waals surface area contributed by atoms with Crippen LogP contribution in [-0.2, 0) is 16.1 Å². The zero-order valence-corrected chi connectivity index (χ0v) is 20.7. The Morgan fingerprint density at radius 1 is 1.12 bits per heavy atom. The lowest BCUT2D eigenvalue weighted by Gasteiger charge is -2.09. The molecule has 0 atom stereocenters. The van der Waals surface area contributed by atoms with Gasteiger partial charge in [0.15, 0.2) is 0 Å². The largest absolute Gasteiger partial charge is 0.462 e. The van der Waals surface area contributed by atoms with Crippen LogP contribution in [0.1, 0.15) is 32.6 Å². The highest BCUT2D eigenvalue weighted by Crippen LogP contribution is 2.36. The van der Waals surface area contributed by atoms with Crippen molar-refractivity contribution in [1.82, 2.24) is 9.55 Å². The molecule has 0 saturated carbocycles. The number of hydrogen-bond acceptors (Lipinski definition) is 7. The van der Waals surface area contributed by atoms with E-state index in [1.807, 2.05) is 13.8 Å². The summed E-state index contributed by atoms with van der Waals surface area (Å²) in [5, 5.41) is 3.52. The third-order valence-corrected chi connectivity index (χ3v) is 7.56. The average Bonchev–Trinajstić information content (AvgIpc) is 3.26. The molecule has 0 radical (unpaired) electrons. The van der Waals surface area contributed by atoms with Crippen molar-refractivity contribution >= 4 is 49.8 Å². The van der Waals surface area contributed by atoms with E-state index in [9.17, 15) is 18.8 Å². The molecular weight excluding hydrogens is 477 g/mol. The first-order chi connectivity index (χ1) is 16.2. The molecule has 0 aliphatic heterocycles. The number of carbonyl (C=O) groups is 2. The zero-order valence-electron chi connectivity index (χ0n) is 19.0. The fourth-order valence-electron chi connectivity index (χ4n) is 3.70. The van der Waals surface area contributed by atoms with Crippen LogP contribution in [0.25, 0.3) is 21.3 Å². The smallest absolute Gasteiger partial charge is 0.341 e. The van der Waals surface area contributed by atoms with Crippen LogP contribution in [0.15, 0.2) is 35.4 Å². The lowest BCUT2D eigenvalue weighted by atomic mass is 10.0. The molecule has 3 aromatic heterocycles. The van der Waals surface area contributed by atoms with Gasteiger partial charge in [0.2, 0.25) is 5.91 Å². The van der Waals surface area contributed by atoms with E-state index in [0.29, 0.717) is 31.9 Å². The minimum absolute atomic E-state index is 0.220. The predicted octanol–water partition coefficient (Wildman–Crippen LogP) is 5.07. The maximum Gasteiger partial charge on any atom is 0.341 e. The van der Waals surface area contributed by atoms with E-state index in [1.54, 1.807) is 26.0 Å². The number of ether oxygens (including phenoxy) is 1. The average molecular weight is 500 g/mol. The lowest BCUT2D eigenvalue weighted by Crippen LogP contribution is -2.28. The third-order valence-electron chi connectivity index (χ3n) is 5.42. The van der Waals surface area contributed by atoms with Crippen molar-refractivity contribution in [2.45, 2.75) is 34.2 Å². The number of nitrogens with one attached hydrogen (secondary N) is 1. The second-order valence-corrected chi connectivity index (χ2v) is 10.1. The van der Waals surface area contributed by atoms with E-state index in [0.717, 1.165) is 15.3 Å². The molecule has 0 saturated heterocycles. The van der Waals surface area contributed by atoms with Gasteiger partial charge in [-0.05, 0) is 51.0 Å². The Balaban J connectivity index is 1.67. The number of rotatable bonds is 6. The van der Waals surface area contributed by atoms with Gasteiger partial charge in [0, 0.05) is 15.3 Å². The molecule has 3 heterocycles. The summed E-state index contributed by atoms with van der Waals surface area (Å²) in [4.78, 5) is 45.2. The molecule has 0 bridgehead atoms. The molecule has 0 aliphatic carbocycles. The summed E-state index contributed by atoms with van der Waals surface area (Å²) in [5.41, 5.74) is 2.09. The fourth-order valence-corrected chi connectivity index (χ4v) is 5.77. The Morgan fingerprint density at radius 3 is 2.50 bits per heavy atom. The summed E-state index contributed by atoms with van der Waals surface area (Å²) < 4.78 is 19.8. The number of hydrogen-bond donors (Lipinski definition) is 1. The Morgan fingerprint density at radius 2 is 1.82 bits per heavy atom. The van der Waals surface area contributed by atoms with E-state index < -0.39 is 11.9 Å². The number of anilines is 1. The molecule has 4 rings (SSSR count). The van der Waals surface area contributed by atoms with Gasteiger partial charge in [-0.1, -0.05) is 12.1 Å². The molecule has 4 aromatic rings. The highest BCUT2D eigenvalue weighted by Gasteiger charge is 2.23. The molecule has 0 unspecified atom stereocenters. The van der Waals surface area contributed by atoms with Gasteiger partial charge in [-0.3, -0.25) is 14.2 Å². The number of aryl methyl sites for hydroxylation is 2.